The lowest BCUT2D eigenvalue weighted by atomic mass is 9.79. The van der Waals surface area contributed by atoms with Crippen molar-refractivity contribution in [3.05, 3.63) is 35.4 Å². The third-order valence-corrected chi connectivity index (χ3v) is 3.43. The quantitative estimate of drug-likeness (QED) is 0.849. The van der Waals surface area contributed by atoms with Crippen LogP contribution in [0.3, 0.4) is 0 Å². The van der Waals surface area contributed by atoms with E-state index in [1.165, 1.54) is 12.1 Å². The van der Waals surface area contributed by atoms with Crippen LogP contribution in [0.5, 0.6) is 0 Å². The molecule has 1 N–H and O–H groups in total. The van der Waals surface area contributed by atoms with Crippen LogP contribution in [0.2, 0.25) is 0 Å². The van der Waals surface area contributed by atoms with E-state index in [0.717, 1.165) is 6.07 Å². The van der Waals surface area contributed by atoms with Gasteiger partial charge in [0.25, 0.3) is 0 Å². The second kappa shape index (κ2) is 6.28. The van der Waals surface area contributed by atoms with E-state index in [4.69, 9.17) is 0 Å². The lowest BCUT2D eigenvalue weighted by Gasteiger charge is -2.30. The van der Waals surface area contributed by atoms with Crippen molar-refractivity contribution in [1.29, 1.82) is 0 Å². The van der Waals surface area contributed by atoms with Crippen molar-refractivity contribution in [2.45, 2.75) is 40.2 Å². The molecule has 1 aromatic rings. The SMILES string of the molecule is CC(C)C(C(C)C)C(O)Cc1ccc(F)cc1F. The van der Waals surface area contributed by atoms with Gasteiger partial charge in [0.05, 0.1) is 6.10 Å². The monoisotopic (exact) mass is 256 g/mol. The molecule has 0 radical (unpaired) electrons. The van der Waals surface area contributed by atoms with Crippen LogP contribution in [0.15, 0.2) is 18.2 Å². The molecule has 1 aromatic carbocycles. The van der Waals surface area contributed by atoms with Crippen molar-refractivity contribution in [1.82, 2.24) is 0 Å². The molecule has 1 atom stereocenters. The normalized spacial score (nSPS) is 13.7. The summed E-state index contributed by atoms with van der Waals surface area (Å²) >= 11 is 0. The number of halogens is 2. The highest BCUT2D eigenvalue weighted by atomic mass is 19.1. The van der Waals surface area contributed by atoms with E-state index < -0.39 is 17.7 Å². The molecule has 0 saturated heterocycles. The minimum Gasteiger partial charge on any atom is -0.392 e. The molecule has 0 saturated carbocycles. The van der Waals surface area contributed by atoms with Gasteiger partial charge in [-0.15, -0.1) is 0 Å². The van der Waals surface area contributed by atoms with Crippen LogP contribution in [0.1, 0.15) is 33.3 Å². The molecule has 1 unspecified atom stereocenters. The van der Waals surface area contributed by atoms with E-state index in [1.807, 2.05) is 0 Å². The molecule has 0 aromatic heterocycles. The fraction of sp³-hybridized carbons (Fsp3) is 0.600. The lowest BCUT2D eigenvalue weighted by Crippen LogP contribution is -2.31. The van der Waals surface area contributed by atoms with Crippen LogP contribution in [0.4, 0.5) is 8.78 Å². The molecule has 1 rings (SSSR count). The summed E-state index contributed by atoms with van der Waals surface area (Å²) in [5, 5.41) is 10.2. The van der Waals surface area contributed by atoms with Crippen molar-refractivity contribution in [3.63, 3.8) is 0 Å². The minimum atomic E-state index is -0.607. The number of hydrogen-bond donors (Lipinski definition) is 1. The number of rotatable bonds is 5. The van der Waals surface area contributed by atoms with Crippen LogP contribution < -0.4 is 0 Å². The topological polar surface area (TPSA) is 20.2 Å². The van der Waals surface area contributed by atoms with E-state index in [9.17, 15) is 13.9 Å². The molecule has 1 nitrogen and oxygen atoms in total. The summed E-state index contributed by atoms with van der Waals surface area (Å²) in [7, 11) is 0. The van der Waals surface area contributed by atoms with E-state index in [-0.39, 0.29) is 12.3 Å². The third kappa shape index (κ3) is 3.77. The number of aliphatic hydroxyl groups excluding tert-OH is 1. The van der Waals surface area contributed by atoms with Crippen molar-refractivity contribution >= 4 is 0 Å². The van der Waals surface area contributed by atoms with Gasteiger partial charge in [-0.3, -0.25) is 0 Å². The molecular formula is C15H22F2O. The molecule has 102 valence electrons. The maximum Gasteiger partial charge on any atom is 0.129 e. The smallest absolute Gasteiger partial charge is 0.129 e. The molecule has 0 aliphatic rings. The maximum atomic E-state index is 13.5. The lowest BCUT2D eigenvalue weighted by molar-refractivity contribution is 0.0530. The molecule has 0 heterocycles. The number of aliphatic hydroxyl groups is 1. The van der Waals surface area contributed by atoms with Gasteiger partial charge in [0.15, 0.2) is 0 Å². The standard InChI is InChI=1S/C15H22F2O/c1-9(2)15(10(3)4)14(18)7-11-5-6-12(16)8-13(11)17/h5-6,8-10,14-15,18H,7H2,1-4H3. The Bertz CT molecular complexity index is 380. The first kappa shape index (κ1) is 15.1. The number of hydrogen-bond acceptors (Lipinski definition) is 1. The fourth-order valence-electron chi connectivity index (χ4n) is 2.71. The molecule has 0 aliphatic heterocycles. The Balaban J connectivity index is 2.82. The van der Waals surface area contributed by atoms with Crippen LogP contribution in [-0.2, 0) is 6.42 Å². The van der Waals surface area contributed by atoms with Crippen molar-refractivity contribution in [2.75, 3.05) is 0 Å². The predicted octanol–water partition coefficient (Wildman–Crippen LogP) is 3.80. The highest BCUT2D eigenvalue weighted by Crippen LogP contribution is 2.27. The number of benzene rings is 1. The van der Waals surface area contributed by atoms with Gasteiger partial charge in [-0.05, 0) is 29.4 Å². The third-order valence-electron chi connectivity index (χ3n) is 3.43. The van der Waals surface area contributed by atoms with Crippen LogP contribution in [-0.4, -0.2) is 11.2 Å². The maximum absolute atomic E-state index is 13.5. The van der Waals surface area contributed by atoms with Crippen LogP contribution in [0, 0.1) is 29.4 Å². The summed E-state index contributed by atoms with van der Waals surface area (Å²) in [6.07, 6.45) is -0.377. The van der Waals surface area contributed by atoms with Gasteiger partial charge < -0.3 is 5.11 Å². The Morgan fingerprint density at radius 2 is 1.61 bits per heavy atom. The second-order valence-corrected chi connectivity index (χ2v) is 5.57. The minimum absolute atomic E-state index is 0.106. The van der Waals surface area contributed by atoms with Gasteiger partial charge in [0, 0.05) is 12.5 Å². The molecule has 0 amide bonds. The van der Waals surface area contributed by atoms with Gasteiger partial charge in [-0.25, -0.2) is 8.78 Å². The first-order valence-electron chi connectivity index (χ1n) is 6.45. The largest absolute Gasteiger partial charge is 0.392 e. The zero-order valence-electron chi connectivity index (χ0n) is 11.5. The van der Waals surface area contributed by atoms with Gasteiger partial charge in [-0.2, -0.15) is 0 Å². The van der Waals surface area contributed by atoms with E-state index in [0.29, 0.717) is 17.4 Å². The summed E-state index contributed by atoms with van der Waals surface area (Å²) in [5.74, 6) is -0.420. The zero-order valence-corrected chi connectivity index (χ0v) is 11.5. The Morgan fingerprint density at radius 1 is 1.06 bits per heavy atom. The molecule has 18 heavy (non-hydrogen) atoms. The summed E-state index contributed by atoms with van der Waals surface area (Å²) in [4.78, 5) is 0. The Morgan fingerprint density at radius 3 is 2.06 bits per heavy atom. The molecule has 0 bridgehead atoms. The Hall–Kier alpha value is -0.960. The molecule has 0 fully saturated rings. The summed E-state index contributed by atoms with van der Waals surface area (Å²) in [6, 6.07) is 3.50. The first-order chi connectivity index (χ1) is 8.32. The van der Waals surface area contributed by atoms with Gasteiger partial charge >= 0.3 is 0 Å². The highest BCUT2D eigenvalue weighted by Gasteiger charge is 2.26. The molecule has 3 heteroatoms. The van der Waals surface area contributed by atoms with E-state index >= 15 is 0 Å². The zero-order chi connectivity index (χ0) is 13.9. The summed E-state index contributed by atoms with van der Waals surface area (Å²) in [6.45, 7) is 8.20. The van der Waals surface area contributed by atoms with E-state index in [1.54, 1.807) is 0 Å². The first-order valence-corrected chi connectivity index (χ1v) is 6.45. The Kier molecular flexibility index (Phi) is 5.27. The molecule has 0 aliphatic carbocycles. The average Bonchev–Trinajstić information content (AvgIpc) is 2.21. The van der Waals surface area contributed by atoms with Crippen LogP contribution >= 0.6 is 0 Å². The fourth-order valence-corrected chi connectivity index (χ4v) is 2.71. The summed E-state index contributed by atoms with van der Waals surface area (Å²) < 4.78 is 26.3. The van der Waals surface area contributed by atoms with Crippen molar-refractivity contribution < 1.29 is 13.9 Å². The second-order valence-electron chi connectivity index (χ2n) is 5.57. The predicted molar refractivity (Wildman–Crippen MR) is 69.2 cm³/mol. The average molecular weight is 256 g/mol. The molecular weight excluding hydrogens is 234 g/mol. The highest BCUT2D eigenvalue weighted by molar-refractivity contribution is 5.19. The van der Waals surface area contributed by atoms with Gasteiger partial charge in [-0.1, -0.05) is 33.8 Å². The van der Waals surface area contributed by atoms with Crippen LogP contribution in [0.25, 0.3) is 0 Å². The molecule has 0 spiro atoms. The Labute approximate surface area is 108 Å². The van der Waals surface area contributed by atoms with E-state index in [2.05, 4.69) is 27.7 Å². The van der Waals surface area contributed by atoms with Crippen molar-refractivity contribution in [3.8, 4) is 0 Å². The van der Waals surface area contributed by atoms with Gasteiger partial charge in [0.1, 0.15) is 11.6 Å². The summed E-state index contributed by atoms with van der Waals surface area (Å²) in [5.41, 5.74) is 0.371. The van der Waals surface area contributed by atoms with Crippen molar-refractivity contribution in [2.24, 2.45) is 17.8 Å². The van der Waals surface area contributed by atoms with Gasteiger partial charge in [0.2, 0.25) is 0 Å².